The normalized spacial score (nSPS) is 19.9. The van der Waals surface area contributed by atoms with Gasteiger partial charge in [0.25, 0.3) is 0 Å². The summed E-state index contributed by atoms with van der Waals surface area (Å²) in [6, 6.07) is 7.93. The molecule has 2 nitrogen and oxygen atoms in total. The van der Waals surface area contributed by atoms with Gasteiger partial charge in [-0.1, -0.05) is 36.4 Å². The van der Waals surface area contributed by atoms with E-state index >= 15 is 0 Å². The molecular formula is C14H8F6O2. The smallest absolute Gasteiger partial charge is 0.423 e. The first kappa shape index (κ1) is 16.1. The Labute approximate surface area is 120 Å². The molecule has 0 aromatic heterocycles. The number of hydrogen-bond acceptors (Lipinski definition) is 2. The van der Waals surface area contributed by atoms with Gasteiger partial charge >= 0.3 is 18.3 Å². The van der Waals surface area contributed by atoms with Crippen LogP contribution in [0.1, 0.15) is 5.56 Å². The third kappa shape index (κ3) is 3.32. The first-order valence-electron chi connectivity index (χ1n) is 5.93. The Morgan fingerprint density at radius 3 is 2.05 bits per heavy atom. The molecule has 0 aliphatic carbocycles. The molecule has 0 bridgehead atoms. The van der Waals surface area contributed by atoms with Gasteiger partial charge < -0.3 is 4.74 Å². The SMILES string of the molecule is O=C1OC(C=Cc2ccccc2)C(C(F)(F)F)=C1C(F)(F)F. The molecule has 1 aliphatic heterocycles. The molecular weight excluding hydrogens is 314 g/mol. The number of cyclic esters (lactones) is 1. The van der Waals surface area contributed by atoms with Crippen LogP contribution in [0.25, 0.3) is 6.08 Å². The number of halogens is 6. The van der Waals surface area contributed by atoms with Crippen molar-refractivity contribution in [2.24, 2.45) is 0 Å². The lowest BCUT2D eigenvalue weighted by atomic mass is 10.0. The van der Waals surface area contributed by atoms with Crippen LogP contribution in [0.4, 0.5) is 26.3 Å². The molecule has 0 saturated heterocycles. The van der Waals surface area contributed by atoms with Crippen LogP contribution >= 0.6 is 0 Å². The standard InChI is InChI=1S/C14H8F6O2/c15-13(16,17)10-9(7-6-8-4-2-1-3-5-8)22-12(21)11(10)14(18,19)20/h1-7,9H. The first-order chi connectivity index (χ1) is 10.1. The van der Waals surface area contributed by atoms with E-state index in [0.717, 1.165) is 12.2 Å². The van der Waals surface area contributed by atoms with Crippen molar-refractivity contribution in [1.29, 1.82) is 0 Å². The number of ether oxygens (including phenoxy) is 1. The maximum Gasteiger partial charge on any atom is 0.423 e. The number of carbonyl (C=O) groups excluding carboxylic acids is 1. The van der Waals surface area contributed by atoms with Crippen LogP contribution in [-0.2, 0) is 9.53 Å². The van der Waals surface area contributed by atoms with Crippen molar-refractivity contribution in [2.75, 3.05) is 0 Å². The third-order valence-corrected chi connectivity index (χ3v) is 2.84. The lowest BCUT2D eigenvalue weighted by Crippen LogP contribution is -2.25. The van der Waals surface area contributed by atoms with Gasteiger partial charge in [0.1, 0.15) is 0 Å². The molecule has 2 rings (SSSR count). The highest BCUT2D eigenvalue weighted by atomic mass is 19.4. The quantitative estimate of drug-likeness (QED) is 0.607. The first-order valence-corrected chi connectivity index (χ1v) is 5.93. The van der Waals surface area contributed by atoms with Gasteiger partial charge in [-0.25, -0.2) is 4.79 Å². The molecule has 1 aliphatic rings. The number of rotatable bonds is 2. The zero-order valence-corrected chi connectivity index (χ0v) is 10.7. The topological polar surface area (TPSA) is 26.3 Å². The van der Waals surface area contributed by atoms with Crippen LogP contribution < -0.4 is 0 Å². The summed E-state index contributed by atoms with van der Waals surface area (Å²) in [4.78, 5) is 11.2. The van der Waals surface area contributed by atoms with E-state index < -0.39 is 35.6 Å². The van der Waals surface area contributed by atoms with Crippen molar-refractivity contribution >= 4 is 12.0 Å². The lowest BCUT2D eigenvalue weighted by Gasteiger charge is -2.14. The Bertz CT molecular complexity index is 625. The number of hydrogen-bond donors (Lipinski definition) is 0. The van der Waals surface area contributed by atoms with Crippen molar-refractivity contribution in [3.63, 3.8) is 0 Å². The van der Waals surface area contributed by atoms with Crippen molar-refractivity contribution in [3.8, 4) is 0 Å². The Balaban J connectivity index is 2.43. The zero-order valence-electron chi connectivity index (χ0n) is 10.7. The van der Waals surface area contributed by atoms with Crippen molar-refractivity contribution < 1.29 is 35.9 Å². The van der Waals surface area contributed by atoms with Gasteiger partial charge in [0.2, 0.25) is 0 Å². The Hall–Kier alpha value is -2.25. The predicted molar refractivity (Wildman–Crippen MR) is 64.5 cm³/mol. The van der Waals surface area contributed by atoms with Crippen LogP contribution in [-0.4, -0.2) is 24.4 Å². The second kappa shape index (κ2) is 5.51. The summed E-state index contributed by atoms with van der Waals surface area (Å²) >= 11 is 0. The summed E-state index contributed by atoms with van der Waals surface area (Å²) in [5.74, 6) is -2.03. The van der Waals surface area contributed by atoms with E-state index in [-0.39, 0.29) is 0 Å². The lowest BCUT2D eigenvalue weighted by molar-refractivity contribution is -0.147. The van der Waals surface area contributed by atoms with Gasteiger partial charge in [-0.15, -0.1) is 0 Å². The molecule has 0 saturated carbocycles. The van der Waals surface area contributed by atoms with Gasteiger partial charge in [0.15, 0.2) is 11.7 Å². The van der Waals surface area contributed by atoms with Gasteiger partial charge in [-0.05, 0) is 11.6 Å². The molecule has 118 valence electrons. The van der Waals surface area contributed by atoms with Crippen LogP contribution in [0.15, 0.2) is 47.6 Å². The van der Waals surface area contributed by atoms with Gasteiger partial charge in [0, 0.05) is 0 Å². The van der Waals surface area contributed by atoms with Crippen LogP contribution in [0.3, 0.4) is 0 Å². The molecule has 0 radical (unpaired) electrons. The van der Waals surface area contributed by atoms with E-state index in [4.69, 9.17) is 0 Å². The van der Waals surface area contributed by atoms with Crippen LogP contribution in [0, 0.1) is 0 Å². The van der Waals surface area contributed by atoms with Gasteiger partial charge in [-0.3, -0.25) is 0 Å². The maximum absolute atomic E-state index is 12.9. The molecule has 0 fully saturated rings. The largest absolute Gasteiger partial charge is 0.450 e. The van der Waals surface area contributed by atoms with Crippen molar-refractivity contribution in [3.05, 3.63) is 53.1 Å². The Morgan fingerprint density at radius 2 is 1.55 bits per heavy atom. The van der Waals surface area contributed by atoms with E-state index in [1.165, 1.54) is 12.1 Å². The van der Waals surface area contributed by atoms with E-state index in [1.54, 1.807) is 18.2 Å². The molecule has 0 N–H and O–H groups in total. The Morgan fingerprint density at radius 1 is 0.955 bits per heavy atom. The van der Waals surface area contributed by atoms with E-state index in [2.05, 4.69) is 4.74 Å². The molecule has 1 heterocycles. The zero-order chi connectivity index (χ0) is 16.5. The summed E-state index contributed by atoms with van der Waals surface area (Å²) in [6.07, 6.45) is -11.0. The molecule has 0 amide bonds. The van der Waals surface area contributed by atoms with Crippen LogP contribution in [0.5, 0.6) is 0 Å². The van der Waals surface area contributed by atoms with Gasteiger partial charge in [-0.2, -0.15) is 26.3 Å². The average Bonchev–Trinajstić information content (AvgIpc) is 2.74. The molecule has 1 aromatic rings. The highest BCUT2D eigenvalue weighted by molar-refractivity contribution is 5.94. The third-order valence-electron chi connectivity index (χ3n) is 2.84. The second-order valence-corrected chi connectivity index (χ2v) is 4.38. The molecule has 1 atom stereocenters. The van der Waals surface area contributed by atoms with Crippen LogP contribution in [0.2, 0.25) is 0 Å². The predicted octanol–water partition coefficient (Wildman–Crippen LogP) is 4.05. The summed E-state index contributed by atoms with van der Waals surface area (Å²) in [7, 11) is 0. The molecule has 8 heteroatoms. The second-order valence-electron chi connectivity index (χ2n) is 4.38. The molecule has 1 aromatic carbocycles. The number of alkyl halides is 6. The number of benzene rings is 1. The van der Waals surface area contributed by atoms with Crippen molar-refractivity contribution in [2.45, 2.75) is 18.5 Å². The Kier molecular flexibility index (Phi) is 4.04. The van der Waals surface area contributed by atoms with Crippen molar-refractivity contribution in [1.82, 2.24) is 0 Å². The fraction of sp³-hybridized carbons (Fsp3) is 0.214. The monoisotopic (exact) mass is 322 g/mol. The molecule has 22 heavy (non-hydrogen) atoms. The van der Waals surface area contributed by atoms with Gasteiger partial charge in [0.05, 0.1) is 5.57 Å². The average molecular weight is 322 g/mol. The summed E-state index contributed by atoms with van der Waals surface area (Å²) in [6.45, 7) is 0. The fourth-order valence-electron chi connectivity index (χ4n) is 1.96. The number of esters is 1. The number of carbonyl (C=O) groups is 1. The highest BCUT2D eigenvalue weighted by Gasteiger charge is 2.56. The minimum atomic E-state index is -5.43. The minimum Gasteiger partial charge on any atom is -0.450 e. The molecule has 0 spiro atoms. The van der Waals surface area contributed by atoms with E-state index in [9.17, 15) is 31.1 Å². The summed E-state index contributed by atoms with van der Waals surface area (Å²) in [5.41, 5.74) is -3.87. The summed E-state index contributed by atoms with van der Waals surface area (Å²) in [5, 5.41) is 0. The van der Waals surface area contributed by atoms with E-state index in [0.29, 0.717) is 5.56 Å². The maximum atomic E-state index is 12.9. The highest BCUT2D eigenvalue weighted by Crippen LogP contribution is 2.43. The molecule has 1 unspecified atom stereocenters. The fourth-order valence-corrected chi connectivity index (χ4v) is 1.96. The minimum absolute atomic E-state index is 0.459. The van der Waals surface area contributed by atoms with E-state index in [1.807, 2.05) is 0 Å². The summed E-state index contributed by atoms with van der Waals surface area (Å²) < 4.78 is 80.8.